The standard InChI is InChI=1S/C9H10N6O/c1-6-4-3-5-10-7(6)8(12-16)9-11-13-14-15(9)2/h3-5,16H,1-2H3. The predicted molar refractivity (Wildman–Crippen MR) is 55.2 cm³/mol. The molecule has 2 rings (SSSR count). The number of pyridine rings is 1. The first-order chi connectivity index (χ1) is 7.74. The van der Waals surface area contributed by atoms with Crippen LogP contribution in [0.3, 0.4) is 0 Å². The number of hydrogen-bond acceptors (Lipinski definition) is 6. The van der Waals surface area contributed by atoms with Gasteiger partial charge in [0.15, 0.2) is 5.71 Å². The summed E-state index contributed by atoms with van der Waals surface area (Å²) in [5, 5.41) is 23.2. The third-order valence-corrected chi connectivity index (χ3v) is 2.17. The second-order valence-corrected chi connectivity index (χ2v) is 3.24. The summed E-state index contributed by atoms with van der Waals surface area (Å²) in [6.07, 6.45) is 1.62. The first-order valence-corrected chi connectivity index (χ1v) is 4.61. The molecule has 2 heterocycles. The number of aryl methyl sites for hydroxylation is 2. The smallest absolute Gasteiger partial charge is 0.206 e. The average Bonchev–Trinajstić information content (AvgIpc) is 2.69. The zero-order valence-corrected chi connectivity index (χ0v) is 8.86. The third kappa shape index (κ3) is 1.62. The number of rotatable bonds is 2. The Labute approximate surface area is 91.4 Å². The van der Waals surface area contributed by atoms with Crippen molar-refractivity contribution >= 4 is 5.71 Å². The summed E-state index contributed by atoms with van der Waals surface area (Å²) in [6.45, 7) is 1.87. The molecule has 0 spiro atoms. The lowest BCUT2D eigenvalue weighted by molar-refractivity contribution is 0.319. The number of tetrazole rings is 1. The van der Waals surface area contributed by atoms with Crippen molar-refractivity contribution in [3.8, 4) is 0 Å². The van der Waals surface area contributed by atoms with Gasteiger partial charge < -0.3 is 5.21 Å². The van der Waals surface area contributed by atoms with Gasteiger partial charge in [0.05, 0.1) is 5.69 Å². The quantitative estimate of drug-likeness (QED) is 0.440. The van der Waals surface area contributed by atoms with E-state index in [2.05, 4.69) is 25.7 Å². The fourth-order valence-electron chi connectivity index (χ4n) is 1.36. The second-order valence-electron chi connectivity index (χ2n) is 3.24. The molecule has 0 fully saturated rings. The van der Waals surface area contributed by atoms with E-state index in [4.69, 9.17) is 5.21 Å². The lowest BCUT2D eigenvalue weighted by Crippen LogP contribution is -2.14. The minimum absolute atomic E-state index is 0.255. The molecule has 1 N–H and O–H groups in total. The SMILES string of the molecule is Cc1cccnc1C(=NO)c1nnnn1C. The van der Waals surface area contributed by atoms with E-state index in [0.717, 1.165) is 5.56 Å². The van der Waals surface area contributed by atoms with Crippen LogP contribution in [0.2, 0.25) is 0 Å². The molecule has 0 aliphatic heterocycles. The monoisotopic (exact) mass is 218 g/mol. The summed E-state index contributed by atoms with van der Waals surface area (Å²) in [5.74, 6) is 0.365. The van der Waals surface area contributed by atoms with Crippen molar-refractivity contribution in [2.45, 2.75) is 6.92 Å². The van der Waals surface area contributed by atoms with Crippen LogP contribution < -0.4 is 0 Å². The van der Waals surface area contributed by atoms with E-state index >= 15 is 0 Å². The van der Waals surface area contributed by atoms with Crippen LogP contribution in [0.4, 0.5) is 0 Å². The molecule has 0 amide bonds. The van der Waals surface area contributed by atoms with E-state index in [1.165, 1.54) is 4.68 Å². The maximum atomic E-state index is 9.04. The summed E-state index contributed by atoms with van der Waals surface area (Å²) in [7, 11) is 1.67. The van der Waals surface area contributed by atoms with Gasteiger partial charge in [-0.3, -0.25) is 4.98 Å². The molecule has 7 nitrogen and oxygen atoms in total. The molecule has 0 aliphatic carbocycles. The minimum atomic E-state index is 0.255. The van der Waals surface area contributed by atoms with E-state index in [1.807, 2.05) is 19.1 Å². The van der Waals surface area contributed by atoms with Gasteiger partial charge in [-0.1, -0.05) is 11.2 Å². The maximum Gasteiger partial charge on any atom is 0.206 e. The lowest BCUT2D eigenvalue weighted by atomic mass is 10.1. The highest BCUT2D eigenvalue weighted by Crippen LogP contribution is 2.09. The largest absolute Gasteiger partial charge is 0.410 e. The molecule has 0 saturated heterocycles. The number of aromatic nitrogens is 5. The van der Waals surface area contributed by atoms with Crippen molar-refractivity contribution in [2.24, 2.45) is 12.2 Å². The van der Waals surface area contributed by atoms with Crippen LogP contribution in [0.1, 0.15) is 17.1 Å². The van der Waals surface area contributed by atoms with Crippen molar-refractivity contribution in [1.29, 1.82) is 0 Å². The van der Waals surface area contributed by atoms with Crippen molar-refractivity contribution in [1.82, 2.24) is 25.2 Å². The van der Waals surface area contributed by atoms with Gasteiger partial charge in [-0.25, -0.2) is 4.68 Å². The zero-order valence-electron chi connectivity index (χ0n) is 8.86. The Morgan fingerprint density at radius 2 is 2.31 bits per heavy atom. The molecular weight excluding hydrogens is 208 g/mol. The van der Waals surface area contributed by atoms with Crippen molar-refractivity contribution < 1.29 is 5.21 Å². The van der Waals surface area contributed by atoms with Gasteiger partial charge in [-0.2, -0.15) is 0 Å². The van der Waals surface area contributed by atoms with Crippen LogP contribution >= 0.6 is 0 Å². The molecule has 82 valence electrons. The van der Waals surface area contributed by atoms with Crippen molar-refractivity contribution in [3.05, 3.63) is 35.4 Å². The lowest BCUT2D eigenvalue weighted by Gasteiger charge is -2.04. The van der Waals surface area contributed by atoms with E-state index in [1.54, 1.807) is 13.2 Å². The van der Waals surface area contributed by atoms with Crippen LogP contribution in [0, 0.1) is 6.92 Å². The van der Waals surface area contributed by atoms with Crippen LogP contribution in [-0.4, -0.2) is 36.1 Å². The van der Waals surface area contributed by atoms with Crippen molar-refractivity contribution in [2.75, 3.05) is 0 Å². The Morgan fingerprint density at radius 1 is 1.50 bits per heavy atom. The molecule has 7 heteroatoms. The van der Waals surface area contributed by atoms with Gasteiger partial charge >= 0.3 is 0 Å². The molecule has 0 aromatic carbocycles. The molecule has 16 heavy (non-hydrogen) atoms. The van der Waals surface area contributed by atoms with E-state index in [9.17, 15) is 0 Å². The Balaban J connectivity index is 2.55. The molecular formula is C9H10N6O. The fraction of sp³-hybridized carbons (Fsp3) is 0.222. The van der Waals surface area contributed by atoms with E-state index in [-0.39, 0.29) is 5.71 Å². The van der Waals surface area contributed by atoms with Crippen molar-refractivity contribution in [3.63, 3.8) is 0 Å². The van der Waals surface area contributed by atoms with E-state index in [0.29, 0.717) is 11.5 Å². The first-order valence-electron chi connectivity index (χ1n) is 4.61. The van der Waals surface area contributed by atoms with Gasteiger partial charge in [0.1, 0.15) is 0 Å². The fourth-order valence-corrected chi connectivity index (χ4v) is 1.36. The highest BCUT2D eigenvalue weighted by molar-refractivity contribution is 6.09. The van der Waals surface area contributed by atoms with Gasteiger partial charge in [0, 0.05) is 13.2 Å². The Hall–Kier alpha value is -2.31. The molecule has 2 aromatic heterocycles. The maximum absolute atomic E-state index is 9.04. The topological polar surface area (TPSA) is 89.1 Å². The Bertz CT molecular complexity index is 532. The Morgan fingerprint density at radius 3 is 2.88 bits per heavy atom. The Kier molecular flexibility index (Phi) is 2.59. The normalized spacial score (nSPS) is 11.8. The van der Waals surface area contributed by atoms with Crippen LogP contribution in [0.5, 0.6) is 0 Å². The highest BCUT2D eigenvalue weighted by Gasteiger charge is 2.17. The molecule has 0 atom stereocenters. The summed E-state index contributed by atoms with van der Waals surface area (Å²) < 4.78 is 1.42. The van der Waals surface area contributed by atoms with Gasteiger partial charge in [-0.05, 0) is 29.0 Å². The van der Waals surface area contributed by atoms with Crippen LogP contribution in [0.25, 0.3) is 0 Å². The summed E-state index contributed by atoms with van der Waals surface area (Å²) >= 11 is 0. The molecule has 0 saturated carbocycles. The van der Waals surface area contributed by atoms with Gasteiger partial charge in [0.25, 0.3) is 0 Å². The molecule has 0 bridgehead atoms. The number of nitrogens with zero attached hydrogens (tertiary/aromatic N) is 6. The molecule has 0 unspecified atom stereocenters. The second kappa shape index (κ2) is 4.05. The van der Waals surface area contributed by atoms with Gasteiger partial charge in [0.2, 0.25) is 5.82 Å². The third-order valence-electron chi connectivity index (χ3n) is 2.17. The zero-order chi connectivity index (χ0) is 11.5. The number of hydrogen-bond donors (Lipinski definition) is 1. The molecule has 2 aromatic rings. The summed E-state index contributed by atoms with van der Waals surface area (Å²) in [6, 6.07) is 3.68. The summed E-state index contributed by atoms with van der Waals surface area (Å²) in [5.41, 5.74) is 1.70. The minimum Gasteiger partial charge on any atom is -0.410 e. The van der Waals surface area contributed by atoms with E-state index < -0.39 is 0 Å². The highest BCUT2D eigenvalue weighted by atomic mass is 16.4. The summed E-state index contributed by atoms with van der Waals surface area (Å²) in [4.78, 5) is 4.15. The molecule has 0 radical (unpaired) electrons. The predicted octanol–water partition coefficient (Wildman–Crippen LogP) is 0.140. The molecule has 0 aliphatic rings. The van der Waals surface area contributed by atoms with Crippen LogP contribution in [-0.2, 0) is 7.05 Å². The number of oxime groups is 1. The average molecular weight is 218 g/mol. The van der Waals surface area contributed by atoms with Crippen LogP contribution in [0.15, 0.2) is 23.5 Å². The van der Waals surface area contributed by atoms with Gasteiger partial charge in [-0.15, -0.1) is 5.10 Å². The first kappa shape index (κ1) is 10.2.